The summed E-state index contributed by atoms with van der Waals surface area (Å²) in [5.74, 6) is -1.81. The molecular weight excluding hydrogens is 469 g/mol. The number of nitrogens with one attached hydrogen (secondary N) is 1. The number of oxazole rings is 1. The summed E-state index contributed by atoms with van der Waals surface area (Å²) < 4.78 is 20.5. The van der Waals surface area contributed by atoms with Gasteiger partial charge in [0.05, 0.1) is 0 Å². The number of halogens is 1. The Bertz CT molecular complexity index is 1550. The number of aromatic nitrogens is 2. The SMILES string of the molecule is O=C(Cn1cc(/C=C(\Sc2nc3ccccc3o2)C(=O)O)c2ccccc21)Nc1ccc(F)cc1. The number of thioether (sulfide) groups is 1. The Morgan fingerprint density at radius 2 is 1.80 bits per heavy atom. The van der Waals surface area contributed by atoms with E-state index in [1.54, 1.807) is 29.0 Å². The van der Waals surface area contributed by atoms with Crippen LogP contribution in [-0.4, -0.2) is 26.5 Å². The fraction of sp³-hybridized carbons (Fsp3) is 0.0385. The maximum atomic E-state index is 13.1. The molecule has 7 nitrogen and oxygen atoms in total. The molecule has 5 rings (SSSR count). The number of rotatable bonds is 7. The normalized spacial score (nSPS) is 11.7. The maximum Gasteiger partial charge on any atom is 0.342 e. The second-order valence-electron chi connectivity index (χ2n) is 7.65. The van der Waals surface area contributed by atoms with Crippen LogP contribution in [0.4, 0.5) is 10.1 Å². The van der Waals surface area contributed by atoms with Gasteiger partial charge in [-0.1, -0.05) is 30.3 Å². The summed E-state index contributed by atoms with van der Waals surface area (Å²) in [7, 11) is 0. The third-order valence-corrected chi connectivity index (χ3v) is 6.09. The molecule has 9 heteroatoms. The second-order valence-corrected chi connectivity index (χ2v) is 8.64. The van der Waals surface area contributed by atoms with Gasteiger partial charge >= 0.3 is 5.97 Å². The highest BCUT2D eigenvalue weighted by Gasteiger charge is 2.17. The van der Waals surface area contributed by atoms with Gasteiger partial charge < -0.3 is 19.4 Å². The van der Waals surface area contributed by atoms with Gasteiger partial charge in [0, 0.05) is 28.4 Å². The molecule has 0 atom stereocenters. The monoisotopic (exact) mass is 487 g/mol. The lowest BCUT2D eigenvalue weighted by Gasteiger charge is -2.07. The largest absolute Gasteiger partial charge is 0.477 e. The minimum atomic E-state index is -1.12. The number of aliphatic carboxylic acids is 1. The van der Waals surface area contributed by atoms with Crippen LogP contribution in [0.5, 0.6) is 0 Å². The molecule has 0 aliphatic rings. The molecule has 0 saturated carbocycles. The summed E-state index contributed by atoms with van der Waals surface area (Å²) in [6.45, 7) is -0.00753. The van der Waals surface area contributed by atoms with E-state index in [1.807, 2.05) is 36.4 Å². The molecule has 0 aliphatic heterocycles. The van der Waals surface area contributed by atoms with Crippen molar-refractivity contribution in [3.05, 3.63) is 95.3 Å². The first-order valence-corrected chi connectivity index (χ1v) is 11.4. The topological polar surface area (TPSA) is 97.4 Å². The van der Waals surface area contributed by atoms with Crippen LogP contribution in [0.3, 0.4) is 0 Å². The van der Waals surface area contributed by atoms with E-state index >= 15 is 0 Å². The van der Waals surface area contributed by atoms with E-state index < -0.39 is 5.97 Å². The van der Waals surface area contributed by atoms with Crippen molar-refractivity contribution in [1.29, 1.82) is 0 Å². The molecule has 1 amide bonds. The van der Waals surface area contributed by atoms with E-state index in [1.165, 1.54) is 24.3 Å². The second kappa shape index (κ2) is 9.47. The number of para-hydroxylation sites is 3. The fourth-order valence-electron chi connectivity index (χ4n) is 3.67. The Kier molecular flexibility index (Phi) is 6.07. The predicted molar refractivity (Wildman–Crippen MR) is 132 cm³/mol. The van der Waals surface area contributed by atoms with Crippen molar-refractivity contribution < 1.29 is 23.5 Å². The van der Waals surface area contributed by atoms with E-state index in [4.69, 9.17) is 4.42 Å². The number of anilines is 1. The van der Waals surface area contributed by atoms with Crippen LogP contribution in [0.15, 0.2) is 93.5 Å². The summed E-state index contributed by atoms with van der Waals surface area (Å²) in [6, 6.07) is 20.1. The molecule has 0 fully saturated rings. The molecule has 0 saturated heterocycles. The molecule has 5 aromatic rings. The van der Waals surface area contributed by atoms with Gasteiger partial charge in [-0.2, -0.15) is 0 Å². The van der Waals surface area contributed by atoms with Crippen LogP contribution >= 0.6 is 11.8 Å². The van der Waals surface area contributed by atoms with E-state index in [9.17, 15) is 19.1 Å². The number of carbonyl (C=O) groups is 2. The molecule has 0 radical (unpaired) electrons. The van der Waals surface area contributed by atoms with Crippen molar-refractivity contribution in [2.75, 3.05) is 5.32 Å². The summed E-state index contributed by atoms with van der Waals surface area (Å²) in [5, 5.41) is 13.6. The van der Waals surface area contributed by atoms with E-state index in [2.05, 4.69) is 10.3 Å². The lowest BCUT2D eigenvalue weighted by molar-refractivity contribution is -0.131. The van der Waals surface area contributed by atoms with Gasteiger partial charge in [-0.3, -0.25) is 4.79 Å². The number of carboxylic acid groups (broad SMARTS) is 1. The van der Waals surface area contributed by atoms with Crippen LogP contribution in [0.1, 0.15) is 5.56 Å². The summed E-state index contributed by atoms with van der Waals surface area (Å²) in [5.41, 5.74) is 3.10. The smallest absolute Gasteiger partial charge is 0.342 e. The minimum absolute atomic E-state index is 0.00753. The van der Waals surface area contributed by atoms with E-state index in [0.29, 0.717) is 22.4 Å². The van der Waals surface area contributed by atoms with Gasteiger partial charge in [0.2, 0.25) is 5.91 Å². The number of carboxylic acids is 1. The highest BCUT2D eigenvalue weighted by Crippen LogP contribution is 2.32. The number of fused-ring (bicyclic) bond motifs is 2. The van der Waals surface area contributed by atoms with Crippen molar-refractivity contribution in [3.63, 3.8) is 0 Å². The number of benzene rings is 3. The minimum Gasteiger partial charge on any atom is -0.477 e. The highest BCUT2D eigenvalue weighted by atomic mass is 32.2. The van der Waals surface area contributed by atoms with Gasteiger partial charge in [-0.05, 0) is 60.3 Å². The van der Waals surface area contributed by atoms with Crippen molar-refractivity contribution in [3.8, 4) is 0 Å². The molecule has 3 aromatic carbocycles. The van der Waals surface area contributed by atoms with Gasteiger partial charge in [-0.15, -0.1) is 0 Å². The number of amides is 1. The molecule has 0 aliphatic carbocycles. The molecule has 0 unspecified atom stereocenters. The molecular formula is C26H18FN3O4S. The molecule has 2 heterocycles. The van der Waals surface area contributed by atoms with Crippen LogP contribution in [0, 0.1) is 5.82 Å². The summed E-state index contributed by atoms with van der Waals surface area (Å²) in [6.07, 6.45) is 3.27. The maximum absolute atomic E-state index is 13.1. The zero-order valence-electron chi connectivity index (χ0n) is 18.1. The fourth-order valence-corrected chi connectivity index (χ4v) is 4.41. The molecule has 174 valence electrons. The standard InChI is InChI=1S/C26H18FN3O4S/c27-17-9-11-18(12-10-17)28-24(31)15-30-14-16(19-5-1-3-7-21(19)30)13-23(25(32)33)35-26-29-20-6-2-4-8-22(20)34-26/h1-14H,15H2,(H,28,31)(H,32,33)/b23-13-. The number of hydrogen-bond acceptors (Lipinski definition) is 5. The van der Waals surface area contributed by atoms with Gasteiger partial charge in [0.1, 0.15) is 22.8 Å². The highest BCUT2D eigenvalue weighted by molar-refractivity contribution is 8.03. The van der Waals surface area contributed by atoms with Gasteiger partial charge in [0.15, 0.2) is 5.58 Å². The van der Waals surface area contributed by atoms with Crippen LogP contribution in [-0.2, 0) is 16.1 Å². The van der Waals surface area contributed by atoms with E-state index in [-0.39, 0.29) is 28.4 Å². The summed E-state index contributed by atoms with van der Waals surface area (Å²) in [4.78, 5) is 29.0. The molecule has 0 bridgehead atoms. The molecule has 0 spiro atoms. The number of hydrogen-bond donors (Lipinski definition) is 2. The number of carbonyl (C=O) groups excluding carboxylic acids is 1. The Hall–Kier alpha value is -4.37. The third-order valence-electron chi connectivity index (χ3n) is 5.23. The average molecular weight is 488 g/mol. The Labute approximate surface area is 202 Å². The van der Waals surface area contributed by atoms with Crippen molar-refractivity contribution >= 4 is 57.4 Å². The van der Waals surface area contributed by atoms with Crippen LogP contribution < -0.4 is 5.32 Å². The Balaban J connectivity index is 1.44. The lowest BCUT2D eigenvalue weighted by Crippen LogP contribution is -2.18. The third kappa shape index (κ3) is 4.95. The van der Waals surface area contributed by atoms with Crippen molar-refractivity contribution in [2.45, 2.75) is 11.8 Å². The zero-order valence-corrected chi connectivity index (χ0v) is 19.0. The predicted octanol–water partition coefficient (Wildman–Crippen LogP) is 5.78. The first-order valence-electron chi connectivity index (χ1n) is 10.6. The van der Waals surface area contributed by atoms with Crippen LogP contribution in [0.25, 0.3) is 28.1 Å². The Morgan fingerprint density at radius 3 is 2.57 bits per heavy atom. The first-order chi connectivity index (χ1) is 17.0. The quantitative estimate of drug-likeness (QED) is 0.223. The van der Waals surface area contributed by atoms with E-state index in [0.717, 1.165) is 22.7 Å². The average Bonchev–Trinajstić information content (AvgIpc) is 3.41. The zero-order chi connectivity index (χ0) is 24.4. The molecule has 2 N–H and O–H groups in total. The summed E-state index contributed by atoms with van der Waals surface area (Å²) >= 11 is 0.917. The van der Waals surface area contributed by atoms with Crippen LogP contribution in [0.2, 0.25) is 0 Å². The molecule has 35 heavy (non-hydrogen) atoms. The molecule has 2 aromatic heterocycles. The Morgan fingerprint density at radius 1 is 1.06 bits per heavy atom. The first kappa shape index (κ1) is 22.4. The van der Waals surface area contributed by atoms with Gasteiger partial charge in [-0.25, -0.2) is 14.2 Å². The number of nitrogens with zero attached hydrogens (tertiary/aromatic N) is 2. The van der Waals surface area contributed by atoms with Crippen molar-refractivity contribution in [1.82, 2.24) is 9.55 Å². The van der Waals surface area contributed by atoms with Crippen molar-refractivity contribution in [2.24, 2.45) is 0 Å². The lowest BCUT2D eigenvalue weighted by atomic mass is 10.1. The van der Waals surface area contributed by atoms with Gasteiger partial charge in [0.25, 0.3) is 5.22 Å².